The predicted octanol–water partition coefficient (Wildman–Crippen LogP) is 1.66. The van der Waals surface area contributed by atoms with E-state index in [9.17, 15) is 13.2 Å². The van der Waals surface area contributed by atoms with Crippen LogP contribution in [0.3, 0.4) is 0 Å². The molecule has 1 heterocycles. The smallest absolute Gasteiger partial charge is 0.246 e. The monoisotopic (exact) mass is 381 g/mol. The van der Waals surface area contributed by atoms with Gasteiger partial charge in [-0.25, -0.2) is 12.7 Å². The van der Waals surface area contributed by atoms with Crippen molar-refractivity contribution in [2.75, 3.05) is 39.1 Å². The van der Waals surface area contributed by atoms with E-state index >= 15 is 0 Å². The number of amides is 1. The fraction of sp³-hybridized carbons (Fsp3) is 0.611. The first-order valence-corrected chi connectivity index (χ1v) is 10.4. The van der Waals surface area contributed by atoms with Crippen molar-refractivity contribution in [2.24, 2.45) is 11.3 Å². The number of carbonyl (C=O) groups is 1. The van der Waals surface area contributed by atoms with E-state index in [-0.39, 0.29) is 22.1 Å². The molecule has 0 radical (unpaired) electrons. The Bertz CT molecular complexity index is 786. The first-order chi connectivity index (χ1) is 12.3. The molecule has 26 heavy (non-hydrogen) atoms. The molecule has 2 N–H and O–H groups in total. The van der Waals surface area contributed by atoms with Gasteiger partial charge in [0.2, 0.25) is 15.9 Å². The third kappa shape index (κ3) is 3.58. The predicted molar refractivity (Wildman–Crippen MR) is 99.8 cm³/mol. The van der Waals surface area contributed by atoms with E-state index in [2.05, 4.69) is 10.6 Å². The molecular formula is C18H27N3O4S. The third-order valence-electron chi connectivity index (χ3n) is 5.38. The van der Waals surface area contributed by atoms with Crippen LogP contribution in [0.1, 0.15) is 26.2 Å². The summed E-state index contributed by atoms with van der Waals surface area (Å²) in [6.07, 6.45) is 2.96. The minimum absolute atomic E-state index is 0.0186. The summed E-state index contributed by atoms with van der Waals surface area (Å²) in [4.78, 5) is 12.7. The molecule has 1 aliphatic heterocycles. The summed E-state index contributed by atoms with van der Waals surface area (Å²) in [7, 11) is -0.724. The number of anilines is 1. The maximum atomic E-state index is 12.6. The molecule has 1 atom stereocenters. The van der Waals surface area contributed by atoms with Crippen LogP contribution in [0.15, 0.2) is 23.1 Å². The van der Waals surface area contributed by atoms with Crippen molar-refractivity contribution >= 4 is 21.6 Å². The molecule has 1 saturated heterocycles. The summed E-state index contributed by atoms with van der Waals surface area (Å²) in [5.41, 5.74) is 0.619. The summed E-state index contributed by atoms with van der Waals surface area (Å²) in [6.45, 7) is 4.07. The second-order valence-electron chi connectivity index (χ2n) is 7.24. The maximum absolute atomic E-state index is 12.6. The summed E-state index contributed by atoms with van der Waals surface area (Å²) in [5, 5.41) is 6.22. The standard InChI is InChI=1S/C18H27N3O4S/c1-4-25-15-6-5-13(11-16(15)26(23,24)21(2)3)20-17(22)14-12-18(14)7-9-19-10-8-18/h5-6,11,14,19H,4,7-10,12H2,1-3H3,(H,20,22). The zero-order valence-electron chi connectivity index (χ0n) is 15.5. The Labute approximate surface area is 155 Å². The summed E-state index contributed by atoms with van der Waals surface area (Å²) in [5.74, 6) is 0.287. The second kappa shape index (κ2) is 7.17. The van der Waals surface area contributed by atoms with Crippen LogP contribution >= 0.6 is 0 Å². The van der Waals surface area contributed by atoms with E-state index in [1.165, 1.54) is 20.2 Å². The van der Waals surface area contributed by atoms with Crippen molar-refractivity contribution < 1.29 is 17.9 Å². The highest BCUT2D eigenvalue weighted by atomic mass is 32.2. The number of nitrogens with zero attached hydrogens (tertiary/aromatic N) is 1. The Balaban J connectivity index is 1.79. The van der Waals surface area contributed by atoms with E-state index in [1.807, 2.05) is 0 Å². The number of hydrogen-bond acceptors (Lipinski definition) is 5. The number of benzene rings is 1. The number of nitrogens with one attached hydrogen (secondary N) is 2. The molecule has 2 fully saturated rings. The average molecular weight is 381 g/mol. The third-order valence-corrected chi connectivity index (χ3v) is 7.21. The first kappa shape index (κ1) is 19.1. The maximum Gasteiger partial charge on any atom is 0.246 e. The lowest BCUT2D eigenvalue weighted by Gasteiger charge is -2.23. The lowest BCUT2D eigenvalue weighted by Crippen LogP contribution is -2.31. The van der Waals surface area contributed by atoms with Gasteiger partial charge in [-0.3, -0.25) is 4.79 Å². The SMILES string of the molecule is CCOc1ccc(NC(=O)C2CC23CCNCC3)cc1S(=O)(=O)N(C)C. The van der Waals surface area contributed by atoms with Crippen LogP contribution in [0.5, 0.6) is 5.75 Å². The van der Waals surface area contributed by atoms with Gasteiger partial charge in [0.15, 0.2) is 0 Å². The zero-order chi connectivity index (χ0) is 18.9. The number of rotatable bonds is 6. The molecule has 2 aliphatic rings. The van der Waals surface area contributed by atoms with Crippen molar-refractivity contribution in [2.45, 2.75) is 31.1 Å². The lowest BCUT2D eigenvalue weighted by molar-refractivity contribution is -0.118. The minimum Gasteiger partial charge on any atom is -0.492 e. The van der Waals surface area contributed by atoms with E-state index in [4.69, 9.17) is 4.74 Å². The lowest BCUT2D eigenvalue weighted by atomic mass is 9.92. The van der Waals surface area contributed by atoms with Gasteiger partial charge in [0.25, 0.3) is 0 Å². The van der Waals surface area contributed by atoms with Crippen LogP contribution in [0.2, 0.25) is 0 Å². The quantitative estimate of drug-likeness (QED) is 0.783. The van der Waals surface area contributed by atoms with Gasteiger partial charge in [-0.15, -0.1) is 0 Å². The Hall–Kier alpha value is -1.64. The van der Waals surface area contributed by atoms with Crippen molar-refractivity contribution in [1.29, 1.82) is 0 Å². The van der Waals surface area contributed by atoms with E-state index in [0.29, 0.717) is 18.0 Å². The highest BCUT2D eigenvalue weighted by Gasteiger charge is 2.57. The molecule has 3 rings (SSSR count). The zero-order valence-corrected chi connectivity index (χ0v) is 16.4. The van der Waals surface area contributed by atoms with Gasteiger partial charge in [-0.2, -0.15) is 0 Å². The molecule has 0 bridgehead atoms. The van der Waals surface area contributed by atoms with E-state index < -0.39 is 10.0 Å². The van der Waals surface area contributed by atoms with Gasteiger partial charge < -0.3 is 15.4 Å². The minimum atomic E-state index is -3.67. The van der Waals surface area contributed by atoms with Gasteiger partial charge in [-0.1, -0.05) is 0 Å². The molecule has 1 saturated carbocycles. The van der Waals surface area contributed by atoms with Crippen molar-refractivity contribution in [3.63, 3.8) is 0 Å². The highest BCUT2D eigenvalue weighted by Crippen LogP contribution is 2.58. The van der Waals surface area contributed by atoms with Crippen molar-refractivity contribution in [3.05, 3.63) is 18.2 Å². The van der Waals surface area contributed by atoms with Crippen LogP contribution in [0.4, 0.5) is 5.69 Å². The van der Waals surface area contributed by atoms with Gasteiger partial charge >= 0.3 is 0 Å². The van der Waals surface area contributed by atoms with Crippen molar-refractivity contribution in [1.82, 2.24) is 9.62 Å². The Morgan fingerprint density at radius 3 is 2.65 bits per heavy atom. The fourth-order valence-corrected chi connectivity index (χ4v) is 4.73. The van der Waals surface area contributed by atoms with Crippen LogP contribution in [-0.4, -0.2) is 52.4 Å². The molecule has 1 aromatic rings. The van der Waals surface area contributed by atoms with Gasteiger partial charge in [0, 0.05) is 25.7 Å². The molecule has 1 aromatic carbocycles. The Morgan fingerprint density at radius 2 is 2.04 bits per heavy atom. The summed E-state index contributed by atoms with van der Waals surface area (Å²) in [6, 6.07) is 4.77. The molecule has 8 heteroatoms. The average Bonchev–Trinajstić information content (AvgIpc) is 3.30. The summed E-state index contributed by atoms with van der Waals surface area (Å²) < 4.78 is 31.8. The van der Waals surface area contributed by atoms with Gasteiger partial charge in [-0.05, 0) is 62.9 Å². The fourth-order valence-electron chi connectivity index (χ4n) is 3.68. The number of carbonyl (C=O) groups excluding carboxylic acids is 1. The largest absolute Gasteiger partial charge is 0.492 e. The molecule has 144 valence electrons. The van der Waals surface area contributed by atoms with E-state index in [1.54, 1.807) is 19.1 Å². The molecule has 1 aliphatic carbocycles. The molecule has 1 unspecified atom stereocenters. The second-order valence-corrected chi connectivity index (χ2v) is 9.36. The number of hydrogen-bond donors (Lipinski definition) is 2. The Kier molecular flexibility index (Phi) is 5.28. The normalized spacial score (nSPS) is 21.6. The number of piperidine rings is 1. The van der Waals surface area contributed by atoms with Crippen LogP contribution in [0.25, 0.3) is 0 Å². The molecule has 0 aromatic heterocycles. The van der Waals surface area contributed by atoms with Crippen LogP contribution in [-0.2, 0) is 14.8 Å². The van der Waals surface area contributed by atoms with Crippen molar-refractivity contribution in [3.8, 4) is 5.75 Å². The van der Waals surface area contributed by atoms with Gasteiger partial charge in [0.05, 0.1) is 6.61 Å². The van der Waals surface area contributed by atoms with Crippen LogP contribution in [0, 0.1) is 11.3 Å². The summed E-state index contributed by atoms with van der Waals surface area (Å²) >= 11 is 0. The Morgan fingerprint density at radius 1 is 1.35 bits per heavy atom. The molecule has 7 nitrogen and oxygen atoms in total. The molecule has 1 amide bonds. The first-order valence-electron chi connectivity index (χ1n) is 9.01. The highest BCUT2D eigenvalue weighted by molar-refractivity contribution is 7.89. The topological polar surface area (TPSA) is 87.7 Å². The van der Waals surface area contributed by atoms with Gasteiger partial charge in [0.1, 0.15) is 10.6 Å². The number of ether oxygens (including phenoxy) is 1. The molecular weight excluding hydrogens is 354 g/mol. The van der Waals surface area contributed by atoms with Crippen LogP contribution < -0.4 is 15.4 Å². The van der Waals surface area contributed by atoms with E-state index in [0.717, 1.165) is 36.7 Å². The number of sulfonamides is 1. The molecule has 1 spiro atoms.